The lowest BCUT2D eigenvalue weighted by molar-refractivity contribution is 0.0995. The molecule has 0 fully saturated rings. The first kappa shape index (κ1) is 12.1. The third kappa shape index (κ3) is 2.05. The van der Waals surface area contributed by atoms with Crippen LogP contribution in [0.25, 0.3) is 10.9 Å². The quantitative estimate of drug-likeness (QED) is 0.921. The van der Waals surface area contributed by atoms with Crippen LogP contribution >= 0.6 is 27.5 Å². The normalized spacial score (nSPS) is 10.5. The number of nitrogens with two attached hydrogens (primary N) is 1. The van der Waals surface area contributed by atoms with E-state index in [1.54, 1.807) is 19.2 Å². The number of primary amides is 1. The summed E-state index contributed by atoms with van der Waals surface area (Å²) in [6.07, 6.45) is 0. The van der Waals surface area contributed by atoms with E-state index in [2.05, 4.69) is 26.1 Å². The maximum Gasteiger partial charge on any atom is 0.270 e. The maximum absolute atomic E-state index is 11.1. The molecule has 88 valence electrons. The molecule has 0 aliphatic rings. The van der Waals surface area contributed by atoms with Crippen molar-refractivity contribution in [3.05, 3.63) is 27.3 Å². The van der Waals surface area contributed by atoms with E-state index >= 15 is 0 Å². The number of halogens is 2. The first-order valence-corrected chi connectivity index (χ1v) is 5.71. The molecule has 5 nitrogen and oxygen atoms in total. The standard InChI is InChI=1S/C10H7BrClN3O2/c1-17-7-3-6-4(2-5(7)11)8(12)9(10(13)16)15-14-6/h2-3H,1H3,(H2,13,16). The lowest BCUT2D eigenvalue weighted by Crippen LogP contribution is -2.14. The maximum atomic E-state index is 11.1. The minimum absolute atomic E-state index is 0.0452. The Bertz CT molecular complexity index is 618. The lowest BCUT2D eigenvalue weighted by atomic mass is 10.2. The third-order valence-corrected chi connectivity index (χ3v) is 3.21. The van der Waals surface area contributed by atoms with Crippen LogP contribution in [0.2, 0.25) is 5.02 Å². The molecule has 7 heteroatoms. The Balaban J connectivity index is 2.78. The Labute approximate surface area is 110 Å². The fraction of sp³-hybridized carbons (Fsp3) is 0.100. The molecule has 0 bridgehead atoms. The molecule has 0 radical (unpaired) electrons. The van der Waals surface area contributed by atoms with Crippen LogP contribution in [0.3, 0.4) is 0 Å². The van der Waals surface area contributed by atoms with Gasteiger partial charge in [0.2, 0.25) is 0 Å². The molecule has 2 aromatic rings. The fourth-order valence-electron chi connectivity index (χ4n) is 1.39. The lowest BCUT2D eigenvalue weighted by Gasteiger charge is -2.07. The average Bonchev–Trinajstić information content (AvgIpc) is 2.29. The summed E-state index contributed by atoms with van der Waals surface area (Å²) >= 11 is 9.36. The number of methoxy groups -OCH3 is 1. The molecule has 0 saturated heterocycles. The van der Waals surface area contributed by atoms with Crippen LogP contribution in [-0.4, -0.2) is 23.2 Å². The van der Waals surface area contributed by atoms with E-state index in [-0.39, 0.29) is 10.7 Å². The van der Waals surface area contributed by atoms with Crippen molar-refractivity contribution < 1.29 is 9.53 Å². The van der Waals surface area contributed by atoms with E-state index in [9.17, 15) is 4.79 Å². The van der Waals surface area contributed by atoms with E-state index in [1.807, 2.05) is 0 Å². The summed E-state index contributed by atoms with van der Waals surface area (Å²) in [5.74, 6) is -0.106. The van der Waals surface area contributed by atoms with Gasteiger partial charge in [-0.3, -0.25) is 4.79 Å². The Morgan fingerprint density at radius 3 is 2.76 bits per heavy atom. The monoisotopic (exact) mass is 315 g/mol. The molecule has 0 atom stereocenters. The number of hydrogen-bond donors (Lipinski definition) is 1. The number of carbonyl (C=O) groups is 1. The van der Waals surface area contributed by atoms with Crippen molar-refractivity contribution in [2.75, 3.05) is 7.11 Å². The molecule has 1 heterocycles. The van der Waals surface area contributed by atoms with Crippen LogP contribution < -0.4 is 10.5 Å². The zero-order chi connectivity index (χ0) is 12.6. The molecule has 2 N–H and O–H groups in total. The van der Waals surface area contributed by atoms with Gasteiger partial charge >= 0.3 is 0 Å². The summed E-state index contributed by atoms with van der Waals surface area (Å²) in [7, 11) is 1.54. The van der Waals surface area contributed by atoms with E-state index in [0.717, 1.165) is 0 Å². The van der Waals surface area contributed by atoms with Crippen molar-refractivity contribution in [2.24, 2.45) is 5.73 Å². The van der Waals surface area contributed by atoms with Gasteiger partial charge < -0.3 is 10.5 Å². The van der Waals surface area contributed by atoms with Gasteiger partial charge in [-0.05, 0) is 22.0 Å². The topological polar surface area (TPSA) is 78.1 Å². The summed E-state index contributed by atoms with van der Waals surface area (Å²) in [6, 6.07) is 3.38. The van der Waals surface area contributed by atoms with Gasteiger partial charge in [0.25, 0.3) is 5.91 Å². The molecule has 1 amide bonds. The highest BCUT2D eigenvalue weighted by Crippen LogP contribution is 2.33. The van der Waals surface area contributed by atoms with Gasteiger partial charge in [-0.2, -0.15) is 0 Å². The smallest absolute Gasteiger partial charge is 0.270 e. The van der Waals surface area contributed by atoms with Crippen LogP contribution in [0.1, 0.15) is 10.5 Å². The highest BCUT2D eigenvalue weighted by atomic mass is 79.9. The summed E-state index contributed by atoms with van der Waals surface area (Å²) in [4.78, 5) is 11.1. The number of carbonyl (C=O) groups excluding carboxylic acids is 1. The minimum Gasteiger partial charge on any atom is -0.495 e. The molecule has 2 rings (SSSR count). The van der Waals surface area contributed by atoms with E-state index < -0.39 is 5.91 Å². The van der Waals surface area contributed by atoms with Crippen molar-refractivity contribution in [3.8, 4) is 5.75 Å². The number of rotatable bonds is 2. The second-order valence-corrected chi connectivity index (χ2v) is 4.46. The molecular formula is C10H7BrClN3O2. The first-order valence-electron chi connectivity index (χ1n) is 4.54. The highest BCUT2D eigenvalue weighted by molar-refractivity contribution is 9.10. The van der Waals surface area contributed by atoms with E-state index in [1.165, 1.54) is 0 Å². The predicted molar refractivity (Wildman–Crippen MR) is 67.3 cm³/mol. The molecule has 0 spiro atoms. The van der Waals surface area contributed by atoms with Gasteiger partial charge in [-0.1, -0.05) is 11.6 Å². The van der Waals surface area contributed by atoms with Crippen LogP contribution in [0.5, 0.6) is 5.75 Å². The van der Waals surface area contributed by atoms with Gasteiger partial charge in [-0.15, -0.1) is 10.2 Å². The van der Waals surface area contributed by atoms with Crippen LogP contribution in [0.15, 0.2) is 16.6 Å². The van der Waals surface area contributed by atoms with Gasteiger partial charge in [-0.25, -0.2) is 0 Å². The zero-order valence-electron chi connectivity index (χ0n) is 8.70. The molecular weight excluding hydrogens is 309 g/mol. The Kier molecular flexibility index (Phi) is 3.17. The number of nitrogens with zero attached hydrogens (tertiary/aromatic N) is 2. The number of amides is 1. The van der Waals surface area contributed by atoms with E-state index in [0.29, 0.717) is 21.1 Å². The number of ether oxygens (including phenoxy) is 1. The molecule has 1 aromatic carbocycles. The summed E-state index contributed by atoms with van der Waals surface area (Å²) in [5.41, 5.74) is 5.62. The predicted octanol–water partition coefficient (Wildman–Crippen LogP) is 2.15. The fourth-order valence-corrected chi connectivity index (χ4v) is 2.18. The van der Waals surface area contributed by atoms with Gasteiger partial charge in [0, 0.05) is 11.5 Å². The summed E-state index contributed by atoms with van der Waals surface area (Å²) in [6.45, 7) is 0. The number of benzene rings is 1. The summed E-state index contributed by atoms with van der Waals surface area (Å²) in [5, 5.41) is 8.33. The van der Waals surface area contributed by atoms with Crippen molar-refractivity contribution in [2.45, 2.75) is 0 Å². The van der Waals surface area contributed by atoms with Crippen LogP contribution in [0.4, 0.5) is 0 Å². The van der Waals surface area contributed by atoms with E-state index in [4.69, 9.17) is 22.1 Å². The Morgan fingerprint density at radius 1 is 1.47 bits per heavy atom. The Hall–Kier alpha value is -1.40. The van der Waals surface area contributed by atoms with Crippen molar-refractivity contribution in [3.63, 3.8) is 0 Å². The second-order valence-electron chi connectivity index (χ2n) is 3.23. The minimum atomic E-state index is -0.712. The van der Waals surface area contributed by atoms with Gasteiger partial charge in [0.1, 0.15) is 5.75 Å². The van der Waals surface area contributed by atoms with Gasteiger partial charge in [0.05, 0.1) is 22.1 Å². The summed E-state index contributed by atoms with van der Waals surface area (Å²) < 4.78 is 5.83. The molecule has 0 unspecified atom stereocenters. The van der Waals surface area contributed by atoms with Crippen molar-refractivity contribution in [1.29, 1.82) is 0 Å². The number of aromatic nitrogens is 2. The first-order chi connectivity index (χ1) is 8.04. The molecule has 0 aliphatic heterocycles. The molecule has 0 aliphatic carbocycles. The highest BCUT2D eigenvalue weighted by Gasteiger charge is 2.15. The van der Waals surface area contributed by atoms with Crippen molar-refractivity contribution in [1.82, 2.24) is 10.2 Å². The molecule has 1 aromatic heterocycles. The number of fused-ring (bicyclic) bond motifs is 1. The third-order valence-electron chi connectivity index (χ3n) is 2.21. The zero-order valence-corrected chi connectivity index (χ0v) is 11.0. The van der Waals surface area contributed by atoms with Crippen molar-refractivity contribution >= 4 is 44.3 Å². The molecule has 17 heavy (non-hydrogen) atoms. The molecule has 0 saturated carbocycles. The van der Waals surface area contributed by atoms with Crippen LogP contribution in [0, 0.1) is 0 Å². The van der Waals surface area contributed by atoms with Crippen LogP contribution in [-0.2, 0) is 0 Å². The van der Waals surface area contributed by atoms with Gasteiger partial charge in [0.15, 0.2) is 5.69 Å². The second kappa shape index (κ2) is 4.46. The largest absolute Gasteiger partial charge is 0.495 e. The SMILES string of the molecule is COc1cc2nnc(C(N)=O)c(Cl)c2cc1Br. The Morgan fingerprint density at radius 2 is 2.18 bits per heavy atom. The number of hydrogen-bond acceptors (Lipinski definition) is 4. The average molecular weight is 317 g/mol.